The van der Waals surface area contributed by atoms with Crippen LogP contribution in [0.2, 0.25) is 0 Å². The van der Waals surface area contributed by atoms with Gasteiger partial charge in [-0.15, -0.1) is 18.3 Å². The van der Waals surface area contributed by atoms with E-state index in [1.54, 1.807) is 18.7 Å². The lowest BCUT2D eigenvalue weighted by Gasteiger charge is -2.08. The molecule has 0 unspecified atom stereocenters. The summed E-state index contributed by atoms with van der Waals surface area (Å²) < 4.78 is 52.9. The molecule has 2 aromatic carbocycles. The van der Waals surface area contributed by atoms with Crippen molar-refractivity contribution in [3.05, 3.63) is 72.1 Å². The molecule has 170 valence electrons. The smallest absolute Gasteiger partial charge is 0.497 e. The van der Waals surface area contributed by atoms with Gasteiger partial charge in [0.25, 0.3) is 5.89 Å². The topological polar surface area (TPSA) is 88.1 Å². The van der Waals surface area contributed by atoms with Crippen LogP contribution in [0.3, 0.4) is 0 Å². The van der Waals surface area contributed by atoms with Gasteiger partial charge >= 0.3 is 6.36 Å². The van der Waals surface area contributed by atoms with Crippen LogP contribution in [0.25, 0.3) is 28.9 Å². The maximum Gasteiger partial charge on any atom is 0.573 e. The first-order valence-corrected chi connectivity index (χ1v) is 9.66. The third kappa shape index (κ3) is 5.20. The summed E-state index contributed by atoms with van der Waals surface area (Å²) in [5.74, 6) is 1.36. The lowest BCUT2D eigenvalue weighted by Crippen LogP contribution is -2.16. The normalized spacial score (nSPS) is 11.4. The number of rotatable bonds is 7. The van der Waals surface area contributed by atoms with E-state index in [4.69, 9.17) is 9.26 Å². The number of alkyl halides is 3. The number of hydrogen-bond donors (Lipinski definition) is 0. The van der Waals surface area contributed by atoms with Gasteiger partial charge in [0.15, 0.2) is 0 Å². The monoisotopic (exact) mass is 457 g/mol. The Morgan fingerprint density at radius 1 is 1.09 bits per heavy atom. The number of aryl methyl sites for hydroxylation is 1. The fraction of sp³-hybridized carbons (Fsp3) is 0.182. The first-order valence-electron chi connectivity index (χ1n) is 9.66. The van der Waals surface area contributed by atoms with Crippen LogP contribution in [0.1, 0.15) is 17.0 Å². The van der Waals surface area contributed by atoms with Crippen molar-refractivity contribution in [1.29, 1.82) is 0 Å². The van der Waals surface area contributed by atoms with Gasteiger partial charge in [-0.3, -0.25) is 0 Å². The molecule has 0 atom stereocenters. The molecule has 0 saturated carbocycles. The Bertz CT molecular complexity index is 1280. The van der Waals surface area contributed by atoms with Gasteiger partial charge in [-0.25, -0.2) is 9.67 Å². The van der Waals surface area contributed by atoms with Gasteiger partial charge in [0.05, 0.1) is 13.7 Å². The zero-order chi connectivity index (χ0) is 23.6. The number of halogens is 3. The molecule has 2 aromatic heterocycles. The second-order valence-corrected chi connectivity index (χ2v) is 6.96. The zero-order valence-corrected chi connectivity index (χ0v) is 17.6. The van der Waals surface area contributed by atoms with Crippen molar-refractivity contribution in [3.8, 4) is 28.9 Å². The number of aromatic nitrogens is 5. The van der Waals surface area contributed by atoms with Crippen LogP contribution >= 0.6 is 0 Å². The molecule has 0 saturated heterocycles. The van der Waals surface area contributed by atoms with E-state index in [1.807, 2.05) is 24.3 Å². The molecule has 0 N–H and O–H groups in total. The van der Waals surface area contributed by atoms with E-state index < -0.39 is 6.36 Å². The van der Waals surface area contributed by atoms with E-state index in [2.05, 4.69) is 31.5 Å². The molecule has 11 heteroatoms. The fourth-order valence-corrected chi connectivity index (χ4v) is 3.03. The molecule has 0 aliphatic rings. The van der Waals surface area contributed by atoms with Crippen LogP contribution in [0.15, 0.2) is 59.6 Å². The van der Waals surface area contributed by atoms with Crippen molar-refractivity contribution in [1.82, 2.24) is 24.9 Å². The van der Waals surface area contributed by atoms with Crippen molar-refractivity contribution < 1.29 is 27.2 Å². The van der Waals surface area contributed by atoms with Crippen LogP contribution in [-0.4, -0.2) is 38.4 Å². The molecule has 0 bridgehead atoms. The van der Waals surface area contributed by atoms with Crippen molar-refractivity contribution in [2.45, 2.75) is 19.8 Å². The average Bonchev–Trinajstić information content (AvgIpc) is 3.40. The van der Waals surface area contributed by atoms with Gasteiger partial charge in [0.2, 0.25) is 11.6 Å². The number of nitrogens with zero attached hydrogens (tertiary/aromatic N) is 5. The molecule has 8 nitrogen and oxygen atoms in total. The summed E-state index contributed by atoms with van der Waals surface area (Å²) in [7, 11) is 1.56. The highest BCUT2D eigenvalue weighted by atomic mass is 19.4. The molecule has 2 heterocycles. The maximum atomic E-state index is 12.3. The summed E-state index contributed by atoms with van der Waals surface area (Å²) in [6.45, 7) is 6.11. The largest absolute Gasteiger partial charge is 0.573 e. The minimum absolute atomic E-state index is 0.0870. The maximum absolute atomic E-state index is 12.3. The second-order valence-electron chi connectivity index (χ2n) is 6.96. The standard InChI is InChI=1S/C22H18F3N5O3/c1-13(31-3)17-6-4-5-15(11-17)12-30-14(2)26-20(28-30)21-27-19(29-33-21)16-7-9-18(10-8-16)32-22(23,24)25/h4-11H,1,12H2,2-3H3. The SMILES string of the molecule is C=C(OC)c1cccc(Cn2nc(-c3nc(-c4ccc(OC(F)(F)F)cc4)no3)nc2C)c1. The Morgan fingerprint density at radius 3 is 2.55 bits per heavy atom. The van der Waals surface area contributed by atoms with Gasteiger partial charge in [-0.1, -0.05) is 29.9 Å². The molecule has 0 amide bonds. The molecule has 0 fully saturated rings. The van der Waals surface area contributed by atoms with E-state index in [1.165, 1.54) is 24.3 Å². The van der Waals surface area contributed by atoms with Crippen LogP contribution in [0.5, 0.6) is 5.75 Å². The zero-order valence-electron chi connectivity index (χ0n) is 17.6. The quantitative estimate of drug-likeness (QED) is 0.366. The summed E-state index contributed by atoms with van der Waals surface area (Å²) in [4.78, 5) is 8.64. The Balaban J connectivity index is 1.52. The highest BCUT2D eigenvalue weighted by Crippen LogP contribution is 2.26. The molecule has 33 heavy (non-hydrogen) atoms. The minimum atomic E-state index is -4.76. The minimum Gasteiger partial charge on any atom is -0.497 e. The highest BCUT2D eigenvalue weighted by molar-refractivity contribution is 5.58. The van der Waals surface area contributed by atoms with Crippen molar-refractivity contribution >= 4 is 5.76 Å². The van der Waals surface area contributed by atoms with Crippen LogP contribution < -0.4 is 4.74 Å². The fourth-order valence-electron chi connectivity index (χ4n) is 3.03. The van der Waals surface area contributed by atoms with Crippen molar-refractivity contribution in [2.75, 3.05) is 7.11 Å². The Labute approximate surface area is 186 Å². The van der Waals surface area contributed by atoms with Crippen molar-refractivity contribution in [3.63, 3.8) is 0 Å². The lowest BCUT2D eigenvalue weighted by molar-refractivity contribution is -0.274. The summed E-state index contributed by atoms with van der Waals surface area (Å²) in [5, 5.41) is 8.31. The van der Waals surface area contributed by atoms with E-state index in [9.17, 15) is 13.2 Å². The summed E-state index contributed by atoms with van der Waals surface area (Å²) in [5.41, 5.74) is 2.28. The Morgan fingerprint density at radius 2 is 1.85 bits per heavy atom. The van der Waals surface area contributed by atoms with E-state index in [-0.39, 0.29) is 23.3 Å². The molecule has 0 spiro atoms. The number of methoxy groups -OCH3 is 1. The molecular formula is C22H18F3N5O3. The summed E-state index contributed by atoms with van der Waals surface area (Å²) in [6.07, 6.45) is -4.76. The third-order valence-corrected chi connectivity index (χ3v) is 4.65. The summed E-state index contributed by atoms with van der Waals surface area (Å²) >= 11 is 0. The molecular weight excluding hydrogens is 439 g/mol. The van der Waals surface area contributed by atoms with E-state index in [0.29, 0.717) is 23.7 Å². The lowest BCUT2D eigenvalue weighted by atomic mass is 10.1. The average molecular weight is 457 g/mol. The molecule has 0 aliphatic heterocycles. The van der Waals surface area contributed by atoms with Crippen LogP contribution in [0, 0.1) is 6.92 Å². The molecule has 4 rings (SSSR count). The van der Waals surface area contributed by atoms with Crippen molar-refractivity contribution in [2.24, 2.45) is 0 Å². The van der Waals surface area contributed by atoms with Gasteiger partial charge in [-0.2, -0.15) is 4.98 Å². The third-order valence-electron chi connectivity index (χ3n) is 4.65. The number of benzene rings is 2. The number of hydrogen-bond acceptors (Lipinski definition) is 7. The first-order chi connectivity index (χ1) is 15.7. The van der Waals surface area contributed by atoms with Gasteiger partial charge in [0.1, 0.15) is 17.3 Å². The van der Waals surface area contributed by atoms with E-state index >= 15 is 0 Å². The summed E-state index contributed by atoms with van der Waals surface area (Å²) in [6, 6.07) is 12.8. The predicted octanol–water partition coefficient (Wildman–Crippen LogP) is 4.87. The highest BCUT2D eigenvalue weighted by Gasteiger charge is 2.31. The van der Waals surface area contributed by atoms with E-state index in [0.717, 1.165) is 11.1 Å². The van der Waals surface area contributed by atoms with Crippen LogP contribution in [0.4, 0.5) is 13.2 Å². The molecule has 0 aliphatic carbocycles. The first kappa shape index (κ1) is 22.1. The van der Waals surface area contributed by atoms with Crippen LogP contribution in [-0.2, 0) is 11.3 Å². The predicted molar refractivity (Wildman–Crippen MR) is 112 cm³/mol. The number of ether oxygens (including phenoxy) is 2. The second kappa shape index (κ2) is 8.77. The van der Waals surface area contributed by atoms with Gasteiger partial charge in [0, 0.05) is 11.1 Å². The van der Waals surface area contributed by atoms with Gasteiger partial charge in [-0.05, 0) is 42.8 Å². The Kier molecular flexibility index (Phi) is 5.86. The Hall–Kier alpha value is -4.15. The molecule has 4 aromatic rings. The van der Waals surface area contributed by atoms with Gasteiger partial charge < -0.3 is 14.0 Å². The molecule has 0 radical (unpaired) electrons.